The highest BCUT2D eigenvalue weighted by atomic mass is 16.6. The molecule has 1 unspecified atom stereocenters. The fraction of sp³-hybridized carbons (Fsp3) is 0.854. The maximum Gasteiger partial charge on any atom is 0.306 e. The van der Waals surface area contributed by atoms with E-state index >= 15 is 0 Å². The topological polar surface area (TPSA) is 78.9 Å². The Morgan fingerprint density at radius 3 is 1.06 bits per heavy atom. The largest absolute Gasteiger partial charge is 0.462 e. The van der Waals surface area contributed by atoms with Crippen molar-refractivity contribution in [3.63, 3.8) is 0 Å². The van der Waals surface area contributed by atoms with E-state index in [2.05, 4.69) is 45.1 Å². The molecule has 0 aliphatic carbocycles. The molecule has 0 saturated carbocycles. The third-order valence-corrected chi connectivity index (χ3v) is 10.2. The van der Waals surface area contributed by atoms with Crippen molar-refractivity contribution in [1.82, 2.24) is 0 Å². The van der Waals surface area contributed by atoms with Gasteiger partial charge in [-0.05, 0) is 51.4 Å². The number of rotatable bonds is 42. The Labute approximate surface area is 334 Å². The van der Waals surface area contributed by atoms with Crippen molar-refractivity contribution >= 4 is 17.9 Å². The lowest BCUT2D eigenvalue weighted by molar-refractivity contribution is -0.167. The average molecular weight is 761 g/mol. The van der Waals surface area contributed by atoms with Crippen LogP contribution in [-0.4, -0.2) is 37.2 Å². The van der Waals surface area contributed by atoms with E-state index in [0.29, 0.717) is 19.3 Å². The Balaban J connectivity index is 4.23. The number of hydrogen-bond acceptors (Lipinski definition) is 6. The van der Waals surface area contributed by atoms with Gasteiger partial charge < -0.3 is 14.2 Å². The molecule has 0 bridgehead atoms. The zero-order chi connectivity index (χ0) is 39.4. The van der Waals surface area contributed by atoms with Crippen LogP contribution < -0.4 is 0 Å². The van der Waals surface area contributed by atoms with Crippen LogP contribution in [0.5, 0.6) is 0 Å². The molecule has 6 heteroatoms. The maximum absolute atomic E-state index is 12.7. The van der Waals surface area contributed by atoms with Crippen LogP contribution in [0, 0.1) is 0 Å². The van der Waals surface area contributed by atoms with Crippen LogP contribution in [0.2, 0.25) is 0 Å². The standard InChI is InChI=1S/C48H88O6/c1-4-7-10-13-16-18-20-22-23-24-25-27-28-30-32-35-38-41-47(50)53-44-45(43-52-46(49)40-37-34-15-12-9-6-3)54-48(51)42-39-36-33-31-29-26-21-19-17-14-11-8-5-2/h16,18,22-23,45H,4-15,17,19-21,24-44H2,1-3H3/b18-16-,23-22-. The SMILES string of the molecule is CCCCC/C=C\C/C=C\CCCCCCCCCC(=O)OCC(COC(=O)CCCCCCCC)OC(=O)CCCCCCCCCCCCCCC. The van der Waals surface area contributed by atoms with E-state index in [0.717, 1.165) is 70.6 Å². The molecular formula is C48H88O6. The Morgan fingerprint density at radius 2 is 0.667 bits per heavy atom. The van der Waals surface area contributed by atoms with E-state index in [1.165, 1.54) is 135 Å². The lowest BCUT2D eigenvalue weighted by Crippen LogP contribution is -2.30. The highest BCUT2D eigenvalue weighted by molar-refractivity contribution is 5.71. The van der Waals surface area contributed by atoms with Gasteiger partial charge in [-0.15, -0.1) is 0 Å². The molecule has 0 radical (unpaired) electrons. The summed E-state index contributed by atoms with van der Waals surface area (Å²) in [5, 5.41) is 0. The predicted octanol–water partition coefficient (Wildman–Crippen LogP) is 14.8. The zero-order valence-electron chi connectivity index (χ0n) is 36.0. The van der Waals surface area contributed by atoms with Gasteiger partial charge in [-0.3, -0.25) is 14.4 Å². The summed E-state index contributed by atoms with van der Waals surface area (Å²) in [6.07, 6.45) is 47.5. The Morgan fingerprint density at radius 1 is 0.370 bits per heavy atom. The first-order chi connectivity index (χ1) is 26.5. The van der Waals surface area contributed by atoms with E-state index in [-0.39, 0.29) is 31.1 Å². The second-order valence-corrected chi connectivity index (χ2v) is 15.7. The predicted molar refractivity (Wildman–Crippen MR) is 229 cm³/mol. The first kappa shape index (κ1) is 51.9. The quantitative estimate of drug-likeness (QED) is 0.0267. The van der Waals surface area contributed by atoms with Crippen molar-refractivity contribution in [1.29, 1.82) is 0 Å². The van der Waals surface area contributed by atoms with Gasteiger partial charge in [0.15, 0.2) is 6.10 Å². The molecular weight excluding hydrogens is 673 g/mol. The summed E-state index contributed by atoms with van der Waals surface area (Å²) in [6.45, 7) is 6.55. The summed E-state index contributed by atoms with van der Waals surface area (Å²) in [5.41, 5.74) is 0. The highest BCUT2D eigenvalue weighted by Crippen LogP contribution is 2.15. The normalized spacial score (nSPS) is 12.1. The van der Waals surface area contributed by atoms with Crippen molar-refractivity contribution in [2.75, 3.05) is 13.2 Å². The molecule has 0 rings (SSSR count). The molecule has 0 aromatic rings. The fourth-order valence-electron chi connectivity index (χ4n) is 6.65. The molecule has 0 N–H and O–H groups in total. The van der Waals surface area contributed by atoms with Crippen LogP contribution in [0.4, 0.5) is 0 Å². The first-order valence-electron chi connectivity index (χ1n) is 23.3. The second kappa shape index (κ2) is 43.6. The maximum atomic E-state index is 12.7. The number of esters is 3. The monoisotopic (exact) mass is 761 g/mol. The molecule has 0 saturated heterocycles. The van der Waals surface area contributed by atoms with Crippen LogP contribution in [0.15, 0.2) is 24.3 Å². The number of hydrogen-bond donors (Lipinski definition) is 0. The number of ether oxygens (including phenoxy) is 3. The fourth-order valence-corrected chi connectivity index (χ4v) is 6.65. The van der Waals surface area contributed by atoms with E-state index in [4.69, 9.17) is 14.2 Å². The first-order valence-corrected chi connectivity index (χ1v) is 23.3. The summed E-state index contributed by atoms with van der Waals surface area (Å²) in [5.74, 6) is -0.882. The molecule has 0 aromatic heterocycles. The van der Waals surface area contributed by atoms with Gasteiger partial charge in [-0.2, -0.15) is 0 Å². The van der Waals surface area contributed by atoms with Gasteiger partial charge in [0.2, 0.25) is 0 Å². The molecule has 0 fully saturated rings. The van der Waals surface area contributed by atoms with Crippen LogP contribution in [0.25, 0.3) is 0 Å². The van der Waals surface area contributed by atoms with Gasteiger partial charge in [0.25, 0.3) is 0 Å². The number of unbranched alkanes of at least 4 members (excludes halogenated alkanes) is 27. The van der Waals surface area contributed by atoms with E-state index in [1.54, 1.807) is 0 Å². The molecule has 0 aliphatic heterocycles. The summed E-state index contributed by atoms with van der Waals surface area (Å²) >= 11 is 0. The van der Waals surface area contributed by atoms with Crippen molar-refractivity contribution in [2.45, 2.75) is 252 Å². The van der Waals surface area contributed by atoms with Crippen LogP contribution >= 0.6 is 0 Å². The molecule has 0 aliphatic rings. The number of carbonyl (C=O) groups is 3. The van der Waals surface area contributed by atoms with Crippen molar-refractivity contribution in [3.05, 3.63) is 24.3 Å². The zero-order valence-corrected chi connectivity index (χ0v) is 36.0. The van der Waals surface area contributed by atoms with E-state index in [1.807, 2.05) is 0 Å². The van der Waals surface area contributed by atoms with Crippen molar-refractivity contribution in [3.8, 4) is 0 Å². The molecule has 6 nitrogen and oxygen atoms in total. The molecule has 0 amide bonds. The summed E-state index contributed by atoms with van der Waals surface area (Å²) in [6, 6.07) is 0. The van der Waals surface area contributed by atoms with Crippen LogP contribution in [0.1, 0.15) is 245 Å². The molecule has 0 heterocycles. The average Bonchev–Trinajstić information content (AvgIpc) is 3.17. The number of allylic oxidation sites excluding steroid dienone is 4. The van der Waals surface area contributed by atoms with Gasteiger partial charge in [-0.1, -0.05) is 199 Å². The minimum Gasteiger partial charge on any atom is -0.462 e. The van der Waals surface area contributed by atoms with Gasteiger partial charge in [-0.25, -0.2) is 0 Å². The summed E-state index contributed by atoms with van der Waals surface area (Å²) in [7, 11) is 0. The summed E-state index contributed by atoms with van der Waals surface area (Å²) < 4.78 is 16.6. The van der Waals surface area contributed by atoms with Crippen LogP contribution in [-0.2, 0) is 28.6 Å². The van der Waals surface area contributed by atoms with Gasteiger partial charge in [0.05, 0.1) is 0 Å². The second-order valence-electron chi connectivity index (χ2n) is 15.7. The van der Waals surface area contributed by atoms with Crippen molar-refractivity contribution < 1.29 is 28.6 Å². The lowest BCUT2D eigenvalue weighted by Gasteiger charge is -2.18. The smallest absolute Gasteiger partial charge is 0.306 e. The Kier molecular flexibility index (Phi) is 41.9. The highest BCUT2D eigenvalue weighted by Gasteiger charge is 2.19. The Hall–Kier alpha value is -2.11. The molecule has 0 aromatic carbocycles. The van der Waals surface area contributed by atoms with Crippen molar-refractivity contribution in [2.24, 2.45) is 0 Å². The van der Waals surface area contributed by atoms with Crippen LogP contribution in [0.3, 0.4) is 0 Å². The Bertz CT molecular complexity index is 880. The minimum absolute atomic E-state index is 0.0712. The van der Waals surface area contributed by atoms with E-state index < -0.39 is 6.10 Å². The molecule has 0 spiro atoms. The van der Waals surface area contributed by atoms with Gasteiger partial charge in [0, 0.05) is 19.3 Å². The van der Waals surface area contributed by atoms with Gasteiger partial charge >= 0.3 is 17.9 Å². The molecule has 54 heavy (non-hydrogen) atoms. The lowest BCUT2D eigenvalue weighted by atomic mass is 10.0. The van der Waals surface area contributed by atoms with E-state index in [9.17, 15) is 14.4 Å². The van der Waals surface area contributed by atoms with Gasteiger partial charge in [0.1, 0.15) is 13.2 Å². The summed E-state index contributed by atoms with van der Waals surface area (Å²) in [4.78, 5) is 37.6. The third-order valence-electron chi connectivity index (χ3n) is 10.2. The minimum atomic E-state index is -0.765. The molecule has 316 valence electrons. The third kappa shape index (κ3) is 41.1. The molecule has 1 atom stereocenters. The number of carbonyl (C=O) groups excluding carboxylic acids is 3.